The lowest BCUT2D eigenvalue weighted by Crippen LogP contribution is -2.25. The van der Waals surface area contributed by atoms with Crippen LogP contribution in [0.25, 0.3) is 0 Å². The Bertz CT molecular complexity index is 579. The molecule has 0 saturated carbocycles. The van der Waals surface area contributed by atoms with Crippen molar-refractivity contribution in [1.29, 1.82) is 0 Å². The highest BCUT2D eigenvalue weighted by Gasteiger charge is 2.10. The molecule has 0 aromatic heterocycles. The molecule has 0 fully saturated rings. The Hall–Kier alpha value is -1.80. The van der Waals surface area contributed by atoms with Gasteiger partial charge in [0.2, 0.25) is 0 Å². The van der Waals surface area contributed by atoms with E-state index < -0.39 is 0 Å². The fraction of sp³-hybridized carbons (Fsp3) is 0.478. The predicted octanol–water partition coefficient (Wildman–Crippen LogP) is 6.13. The van der Waals surface area contributed by atoms with Crippen LogP contribution in [0.1, 0.15) is 63.6 Å². The van der Waals surface area contributed by atoms with Gasteiger partial charge < -0.3 is 10.1 Å². The lowest BCUT2D eigenvalue weighted by molar-refractivity contribution is 0.306. The van der Waals surface area contributed by atoms with Crippen LogP contribution in [0.15, 0.2) is 54.6 Å². The zero-order valence-corrected chi connectivity index (χ0v) is 16.0. The second-order valence-corrected chi connectivity index (χ2v) is 6.89. The van der Waals surface area contributed by atoms with Crippen molar-refractivity contribution in [3.8, 4) is 5.75 Å². The number of hydrogen-bond donors (Lipinski definition) is 1. The van der Waals surface area contributed by atoms with Crippen molar-refractivity contribution >= 4 is 0 Å². The fourth-order valence-electron chi connectivity index (χ4n) is 3.00. The van der Waals surface area contributed by atoms with Crippen molar-refractivity contribution in [1.82, 2.24) is 5.32 Å². The minimum atomic E-state index is 0.374. The first kappa shape index (κ1) is 19.5. The Balaban J connectivity index is 1.80. The molecule has 2 atom stereocenters. The second kappa shape index (κ2) is 10.9. The van der Waals surface area contributed by atoms with Crippen LogP contribution >= 0.6 is 0 Å². The summed E-state index contributed by atoms with van der Waals surface area (Å²) in [6, 6.07) is 19.1. The van der Waals surface area contributed by atoms with Crippen molar-refractivity contribution in [3.05, 3.63) is 65.7 Å². The molecule has 2 nitrogen and oxygen atoms in total. The smallest absolute Gasteiger partial charge is 0.119 e. The molecule has 0 aliphatic rings. The Labute approximate surface area is 153 Å². The van der Waals surface area contributed by atoms with Crippen molar-refractivity contribution in [2.45, 2.75) is 59.1 Å². The van der Waals surface area contributed by atoms with Gasteiger partial charge in [0, 0.05) is 6.04 Å². The van der Waals surface area contributed by atoms with E-state index in [2.05, 4.69) is 62.5 Å². The molecule has 136 valence electrons. The van der Waals surface area contributed by atoms with Gasteiger partial charge in [0.1, 0.15) is 12.4 Å². The number of unbranched alkanes of at least 4 members (excludes halogenated alkanes) is 1. The number of nitrogens with one attached hydrogen (secondary N) is 1. The molecule has 0 saturated heterocycles. The van der Waals surface area contributed by atoms with E-state index in [9.17, 15) is 0 Å². The van der Waals surface area contributed by atoms with Gasteiger partial charge >= 0.3 is 0 Å². The van der Waals surface area contributed by atoms with E-state index in [1.54, 1.807) is 0 Å². The topological polar surface area (TPSA) is 21.3 Å². The second-order valence-electron chi connectivity index (χ2n) is 6.89. The Morgan fingerprint density at radius 2 is 1.68 bits per heavy atom. The molecule has 0 spiro atoms. The molecule has 2 aromatic rings. The molecule has 0 bridgehead atoms. The number of benzene rings is 2. The summed E-state index contributed by atoms with van der Waals surface area (Å²) in [5, 5.41) is 3.70. The van der Waals surface area contributed by atoms with Crippen molar-refractivity contribution < 1.29 is 4.74 Å². The maximum absolute atomic E-state index is 5.87. The van der Waals surface area contributed by atoms with Crippen LogP contribution in [0, 0.1) is 5.92 Å². The van der Waals surface area contributed by atoms with E-state index in [-0.39, 0.29) is 0 Å². The minimum absolute atomic E-state index is 0.374. The van der Waals surface area contributed by atoms with Crippen LogP contribution in [0.3, 0.4) is 0 Å². The van der Waals surface area contributed by atoms with Gasteiger partial charge in [-0.25, -0.2) is 0 Å². The van der Waals surface area contributed by atoms with Gasteiger partial charge in [-0.15, -0.1) is 0 Å². The average Bonchev–Trinajstić information content (AvgIpc) is 2.67. The summed E-state index contributed by atoms with van der Waals surface area (Å²) in [6.45, 7) is 8.52. The van der Waals surface area contributed by atoms with Crippen molar-refractivity contribution in [3.63, 3.8) is 0 Å². The van der Waals surface area contributed by atoms with Crippen molar-refractivity contribution in [2.24, 2.45) is 5.92 Å². The SMILES string of the molecule is CCCCC(CC)CNC(C)c1ccc(OCc2ccccc2)cc1. The summed E-state index contributed by atoms with van der Waals surface area (Å²) in [4.78, 5) is 0. The van der Waals surface area contributed by atoms with Gasteiger partial charge in [-0.1, -0.05) is 75.6 Å². The minimum Gasteiger partial charge on any atom is -0.489 e. The lowest BCUT2D eigenvalue weighted by Gasteiger charge is -2.20. The molecule has 0 radical (unpaired) electrons. The van der Waals surface area contributed by atoms with Crippen molar-refractivity contribution in [2.75, 3.05) is 6.54 Å². The summed E-state index contributed by atoms with van der Waals surface area (Å²) >= 11 is 0. The van der Waals surface area contributed by atoms with Crippen LogP contribution in [0.2, 0.25) is 0 Å². The van der Waals surface area contributed by atoms with Gasteiger partial charge in [-0.3, -0.25) is 0 Å². The summed E-state index contributed by atoms with van der Waals surface area (Å²) in [5.41, 5.74) is 2.51. The van der Waals surface area contributed by atoms with Gasteiger partial charge in [0.05, 0.1) is 0 Å². The maximum atomic E-state index is 5.87. The number of rotatable bonds is 11. The van der Waals surface area contributed by atoms with Gasteiger partial charge in [-0.2, -0.15) is 0 Å². The zero-order valence-electron chi connectivity index (χ0n) is 16.0. The van der Waals surface area contributed by atoms with Crippen LogP contribution in [0.5, 0.6) is 5.75 Å². The van der Waals surface area contributed by atoms with Gasteiger partial charge in [0.15, 0.2) is 0 Å². The van der Waals surface area contributed by atoms with Gasteiger partial charge in [-0.05, 0) is 49.1 Å². The van der Waals surface area contributed by atoms with E-state index in [1.807, 2.05) is 18.2 Å². The van der Waals surface area contributed by atoms with Crippen LogP contribution in [0.4, 0.5) is 0 Å². The molecule has 1 N–H and O–H groups in total. The fourth-order valence-corrected chi connectivity index (χ4v) is 3.00. The highest BCUT2D eigenvalue weighted by Crippen LogP contribution is 2.20. The third-order valence-electron chi connectivity index (χ3n) is 4.88. The Morgan fingerprint density at radius 1 is 0.960 bits per heavy atom. The molecule has 2 unspecified atom stereocenters. The molecule has 2 aromatic carbocycles. The zero-order chi connectivity index (χ0) is 17.9. The first-order chi connectivity index (χ1) is 12.2. The molecule has 25 heavy (non-hydrogen) atoms. The Kier molecular flexibility index (Phi) is 8.54. The highest BCUT2D eigenvalue weighted by atomic mass is 16.5. The van der Waals surface area contributed by atoms with Crippen LogP contribution in [-0.2, 0) is 6.61 Å². The molecule has 0 heterocycles. The third kappa shape index (κ3) is 6.91. The van der Waals surface area contributed by atoms with Crippen LogP contribution < -0.4 is 10.1 Å². The van der Waals surface area contributed by atoms with E-state index in [1.165, 1.54) is 36.8 Å². The third-order valence-corrected chi connectivity index (χ3v) is 4.88. The summed E-state index contributed by atoms with van der Waals surface area (Å²) in [5.74, 6) is 1.71. The molecule has 0 amide bonds. The monoisotopic (exact) mass is 339 g/mol. The summed E-state index contributed by atoms with van der Waals surface area (Å²) in [7, 11) is 0. The molecule has 2 rings (SSSR count). The van der Waals surface area contributed by atoms with E-state index in [4.69, 9.17) is 4.74 Å². The quantitative estimate of drug-likeness (QED) is 0.531. The molecular formula is C23H33NO. The standard InChI is InChI=1S/C23H33NO/c1-4-6-10-20(5-2)17-24-19(3)22-13-15-23(16-14-22)25-18-21-11-8-7-9-12-21/h7-9,11-16,19-20,24H,4-6,10,17-18H2,1-3H3. The van der Waals surface area contributed by atoms with Crippen LogP contribution in [-0.4, -0.2) is 6.54 Å². The van der Waals surface area contributed by atoms with E-state index in [0.29, 0.717) is 12.6 Å². The molecule has 2 heteroatoms. The average molecular weight is 340 g/mol. The molecule has 0 aliphatic heterocycles. The van der Waals surface area contributed by atoms with E-state index >= 15 is 0 Å². The lowest BCUT2D eigenvalue weighted by atomic mass is 9.98. The first-order valence-electron chi connectivity index (χ1n) is 9.73. The normalized spacial score (nSPS) is 13.4. The first-order valence-corrected chi connectivity index (χ1v) is 9.73. The number of ether oxygens (including phenoxy) is 1. The summed E-state index contributed by atoms with van der Waals surface area (Å²) < 4.78 is 5.87. The molecular weight excluding hydrogens is 306 g/mol. The number of hydrogen-bond acceptors (Lipinski definition) is 2. The predicted molar refractivity (Wildman–Crippen MR) is 107 cm³/mol. The van der Waals surface area contributed by atoms with E-state index in [0.717, 1.165) is 18.2 Å². The Morgan fingerprint density at radius 3 is 2.32 bits per heavy atom. The molecule has 0 aliphatic carbocycles. The summed E-state index contributed by atoms with van der Waals surface area (Å²) in [6.07, 6.45) is 5.21. The maximum Gasteiger partial charge on any atom is 0.119 e. The largest absolute Gasteiger partial charge is 0.489 e. The van der Waals surface area contributed by atoms with Gasteiger partial charge in [0.25, 0.3) is 0 Å². The highest BCUT2D eigenvalue weighted by molar-refractivity contribution is 5.29.